The Morgan fingerprint density at radius 3 is 1.93 bits per heavy atom. The highest BCUT2D eigenvalue weighted by Crippen LogP contribution is 2.35. The van der Waals surface area contributed by atoms with Crippen LogP contribution in [0.4, 0.5) is 0 Å². The quantitative estimate of drug-likeness (QED) is 0.227. The van der Waals surface area contributed by atoms with E-state index < -0.39 is 0 Å². The van der Waals surface area contributed by atoms with E-state index in [0.717, 1.165) is 43.5 Å². The average molecular weight is 532 g/mol. The second-order valence-electron chi connectivity index (χ2n) is 9.71. The lowest BCUT2D eigenvalue weighted by atomic mass is 10.0. The van der Waals surface area contributed by atoms with Gasteiger partial charge in [0.05, 0.1) is 4.88 Å². The van der Waals surface area contributed by atoms with Crippen molar-refractivity contribution in [3.63, 3.8) is 0 Å². The number of furan rings is 1. The Bertz CT molecular complexity index is 2130. The van der Waals surface area contributed by atoms with Crippen molar-refractivity contribution < 1.29 is 4.42 Å². The van der Waals surface area contributed by atoms with Crippen molar-refractivity contribution in [2.45, 2.75) is 0 Å². The minimum Gasteiger partial charge on any atom is -0.456 e. The molecule has 0 bridgehead atoms. The number of nitrogens with zero attached hydrogens (tertiary/aromatic N) is 3. The number of fused-ring (bicyclic) bond motifs is 4. The van der Waals surface area contributed by atoms with Gasteiger partial charge < -0.3 is 4.42 Å². The number of aromatic nitrogens is 3. The molecule has 0 radical (unpaired) electrons. The van der Waals surface area contributed by atoms with Gasteiger partial charge in [-0.25, -0.2) is 15.0 Å². The number of para-hydroxylation sites is 1. The normalized spacial score (nSPS) is 11.5. The third-order valence-electron chi connectivity index (χ3n) is 7.17. The van der Waals surface area contributed by atoms with Gasteiger partial charge in [0.2, 0.25) is 0 Å². The number of hydrogen-bond acceptors (Lipinski definition) is 5. The maximum absolute atomic E-state index is 6.06. The molecular formula is C35H21N3OS. The van der Waals surface area contributed by atoms with Crippen molar-refractivity contribution in [2.75, 3.05) is 0 Å². The molecule has 4 nitrogen and oxygen atoms in total. The van der Waals surface area contributed by atoms with Gasteiger partial charge in [-0.3, -0.25) is 0 Å². The zero-order valence-corrected chi connectivity index (χ0v) is 22.1. The largest absolute Gasteiger partial charge is 0.456 e. The van der Waals surface area contributed by atoms with Crippen molar-refractivity contribution in [3.8, 4) is 44.6 Å². The van der Waals surface area contributed by atoms with Crippen molar-refractivity contribution in [1.82, 2.24) is 15.0 Å². The van der Waals surface area contributed by atoms with E-state index in [9.17, 15) is 0 Å². The van der Waals surface area contributed by atoms with Gasteiger partial charge in [-0.2, -0.15) is 0 Å². The fraction of sp³-hybridized carbons (Fsp3) is 0. The summed E-state index contributed by atoms with van der Waals surface area (Å²) in [6, 6.07) is 43.6. The third-order valence-corrected chi connectivity index (χ3v) is 8.28. The summed E-state index contributed by atoms with van der Waals surface area (Å²) in [6.07, 6.45) is 0. The van der Waals surface area contributed by atoms with Gasteiger partial charge in [-0.1, -0.05) is 91.0 Å². The lowest BCUT2D eigenvalue weighted by molar-refractivity contribution is 0.669. The van der Waals surface area contributed by atoms with E-state index in [1.54, 1.807) is 11.3 Å². The maximum atomic E-state index is 6.06. The summed E-state index contributed by atoms with van der Waals surface area (Å²) in [6.45, 7) is 0. The lowest BCUT2D eigenvalue weighted by Crippen LogP contribution is -1.99. The van der Waals surface area contributed by atoms with Crippen LogP contribution in [0.5, 0.6) is 0 Å². The fourth-order valence-corrected chi connectivity index (χ4v) is 6.14. The molecule has 0 saturated carbocycles. The fourth-order valence-electron chi connectivity index (χ4n) is 5.14. The first-order chi connectivity index (χ1) is 19.8. The minimum absolute atomic E-state index is 0.636. The second kappa shape index (κ2) is 9.26. The van der Waals surface area contributed by atoms with Crippen LogP contribution in [0, 0.1) is 0 Å². The van der Waals surface area contributed by atoms with Gasteiger partial charge in [0.15, 0.2) is 17.5 Å². The average Bonchev–Trinajstić information content (AvgIpc) is 3.63. The molecule has 0 aliphatic rings. The van der Waals surface area contributed by atoms with Gasteiger partial charge in [0.25, 0.3) is 0 Å². The molecule has 188 valence electrons. The smallest absolute Gasteiger partial charge is 0.174 e. The number of thiophene rings is 1. The van der Waals surface area contributed by atoms with Crippen LogP contribution in [-0.4, -0.2) is 15.0 Å². The monoisotopic (exact) mass is 531 g/mol. The molecule has 8 rings (SSSR count). The van der Waals surface area contributed by atoms with E-state index >= 15 is 0 Å². The summed E-state index contributed by atoms with van der Waals surface area (Å²) in [5.41, 5.74) is 5.92. The van der Waals surface area contributed by atoms with Crippen molar-refractivity contribution in [2.24, 2.45) is 0 Å². The molecule has 5 heteroatoms. The topological polar surface area (TPSA) is 51.8 Å². The van der Waals surface area contributed by atoms with Crippen molar-refractivity contribution in [3.05, 3.63) is 127 Å². The summed E-state index contributed by atoms with van der Waals surface area (Å²) in [7, 11) is 0. The molecule has 0 unspecified atom stereocenters. The SMILES string of the molecule is c1ccc(-c2ccc(-c3nc(-c4ccc5oc6ccccc6c5c4)nc(-c4cc5ccccc5s4)n3)cc2)cc1. The Balaban J connectivity index is 1.29. The van der Waals surface area contributed by atoms with E-state index in [1.165, 1.54) is 15.6 Å². The third kappa shape index (κ3) is 3.96. The Morgan fingerprint density at radius 2 is 1.07 bits per heavy atom. The van der Waals surface area contributed by atoms with E-state index in [1.807, 2.05) is 36.4 Å². The van der Waals surface area contributed by atoms with Gasteiger partial charge in [0.1, 0.15) is 11.2 Å². The van der Waals surface area contributed by atoms with E-state index in [2.05, 4.69) is 91.0 Å². The highest BCUT2D eigenvalue weighted by Gasteiger charge is 2.16. The van der Waals surface area contributed by atoms with Gasteiger partial charge >= 0.3 is 0 Å². The number of hydrogen-bond donors (Lipinski definition) is 0. The summed E-state index contributed by atoms with van der Waals surface area (Å²) >= 11 is 1.70. The molecule has 3 heterocycles. The molecule has 0 aliphatic heterocycles. The summed E-state index contributed by atoms with van der Waals surface area (Å²) in [5.74, 6) is 1.96. The first-order valence-corrected chi connectivity index (χ1v) is 13.9. The standard InChI is InChI=1S/C35H21N3OS/c1-2-8-22(9-3-1)23-14-16-24(17-15-23)33-36-34(38-35(37-33)32-21-25-10-4-7-13-31(25)40-32)26-18-19-30-28(20-26)27-11-5-6-12-29(27)39-30/h1-21H. The highest BCUT2D eigenvalue weighted by molar-refractivity contribution is 7.22. The molecule has 0 fully saturated rings. The zero-order chi connectivity index (χ0) is 26.5. The highest BCUT2D eigenvalue weighted by atomic mass is 32.1. The molecule has 8 aromatic rings. The number of benzene rings is 5. The van der Waals surface area contributed by atoms with Crippen molar-refractivity contribution >= 4 is 43.4 Å². The Morgan fingerprint density at radius 1 is 0.450 bits per heavy atom. The molecule has 0 saturated heterocycles. The predicted molar refractivity (Wildman–Crippen MR) is 164 cm³/mol. The van der Waals surface area contributed by atoms with Crippen LogP contribution in [-0.2, 0) is 0 Å². The molecule has 40 heavy (non-hydrogen) atoms. The van der Waals surface area contributed by atoms with Crippen LogP contribution in [0.3, 0.4) is 0 Å². The van der Waals surface area contributed by atoms with Crippen LogP contribution in [0.25, 0.3) is 76.6 Å². The molecule has 0 N–H and O–H groups in total. The van der Waals surface area contributed by atoms with Crippen LogP contribution in [0.1, 0.15) is 0 Å². The minimum atomic E-state index is 0.636. The van der Waals surface area contributed by atoms with E-state index in [-0.39, 0.29) is 0 Å². The molecule has 0 atom stereocenters. The lowest BCUT2D eigenvalue weighted by Gasteiger charge is -2.08. The van der Waals surface area contributed by atoms with Gasteiger partial charge in [-0.05, 0) is 52.9 Å². The summed E-state index contributed by atoms with van der Waals surface area (Å²) in [4.78, 5) is 16.0. The summed E-state index contributed by atoms with van der Waals surface area (Å²) in [5, 5.41) is 3.31. The molecule has 0 amide bonds. The first-order valence-electron chi connectivity index (χ1n) is 13.1. The number of rotatable bonds is 4. The maximum Gasteiger partial charge on any atom is 0.174 e. The van der Waals surface area contributed by atoms with E-state index in [4.69, 9.17) is 19.4 Å². The second-order valence-corrected chi connectivity index (χ2v) is 10.8. The molecular weight excluding hydrogens is 510 g/mol. The Labute approximate surface area is 234 Å². The summed E-state index contributed by atoms with van der Waals surface area (Å²) < 4.78 is 7.27. The van der Waals surface area contributed by atoms with E-state index in [0.29, 0.717) is 17.5 Å². The molecule has 0 spiro atoms. The Kier molecular flexibility index (Phi) is 5.28. The molecule has 5 aromatic carbocycles. The zero-order valence-electron chi connectivity index (χ0n) is 21.3. The van der Waals surface area contributed by atoms with Gasteiger partial charge in [-0.15, -0.1) is 11.3 Å². The Hall–Kier alpha value is -5.13. The van der Waals surface area contributed by atoms with Gasteiger partial charge in [0, 0.05) is 26.6 Å². The van der Waals surface area contributed by atoms with Crippen molar-refractivity contribution in [1.29, 1.82) is 0 Å². The first kappa shape index (κ1) is 22.8. The molecule has 0 aliphatic carbocycles. The van der Waals surface area contributed by atoms with Crippen LogP contribution < -0.4 is 0 Å². The van der Waals surface area contributed by atoms with Crippen LogP contribution >= 0.6 is 11.3 Å². The van der Waals surface area contributed by atoms with Crippen LogP contribution in [0.2, 0.25) is 0 Å². The van der Waals surface area contributed by atoms with Crippen LogP contribution in [0.15, 0.2) is 132 Å². The molecule has 3 aromatic heterocycles. The predicted octanol–water partition coefficient (Wildman–Crippen LogP) is 9.65.